The van der Waals surface area contributed by atoms with Gasteiger partial charge in [-0.2, -0.15) is 0 Å². The molecular formula is C15H16BrF2NS. The second-order valence-corrected chi connectivity index (χ2v) is 6.38. The van der Waals surface area contributed by atoms with E-state index in [1.165, 1.54) is 12.1 Å². The SMILES string of the molecule is CCCNC(Cc1ccc(F)cc1F)c1sccc1Br. The lowest BCUT2D eigenvalue weighted by atomic mass is 10.0. The van der Waals surface area contributed by atoms with Crippen molar-refractivity contribution in [1.29, 1.82) is 0 Å². The van der Waals surface area contributed by atoms with Gasteiger partial charge in [-0.05, 0) is 58.4 Å². The molecule has 2 aromatic rings. The fourth-order valence-electron chi connectivity index (χ4n) is 2.04. The second-order valence-electron chi connectivity index (χ2n) is 4.58. The van der Waals surface area contributed by atoms with Crippen molar-refractivity contribution in [3.05, 3.63) is 56.2 Å². The van der Waals surface area contributed by atoms with Crippen molar-refractivity contribution < 1.29 is 8.78 Å². The van der Waals surface area contributed by atoms with E-state index >= 15 is 0 Å². The molecular weight excluding hydrogens is 344 g/mol. The summed E-state index contributed by atoms with van der Waals surface area (Å²) in [6.45, 7) is 2.95. The van der Waals surface area contributed by atoms with Crippen LogP contribution in [-0.2, 0) is 6.42 Å². The summed E-state index contributed by atoms with van der Waals surface area (Å²) in [4.78, 5) is 1.14. The van der Waals surface area contributed by atoms with E-state index in [1.807, 2.05) is 11.4 Å². The summed E-state index contributed by atoms with van der Waals surface area (Å²) in [6.07, 6.45) is 1.51. The van der Waals surface area contributed by atoms with Crippen molar-refractivity contribution in [3.8, 4) is 0 Å². The first-order valence-corrected chi connectivity index (χ1v) is 8.19. The van der Waals surface area contributed by atoms with E-state index in [2.05, 4.69) is 28.2 Å². The average molecular weight is 360 g/mol. The number of nitrogens with one attached hydrogen (secondary N) is 1. The maximum Gasteiger partial charge on any atom is 0.129 e. The molecule has 1 unspecified atom stereocenters. The molecule has 1 aromatic carbocycles. The first-order chi connectivity index (χ1) is 9.61. The van der Waals surface area contributed by atoms with Crippen LogP contribution >= 0.6 is 27.3 Å². The van der Waals surface area contributed by atoms with Gasteiger partial charge in [0.25, 0.3) is 0 Å². The van der Waals surface area contributed by atoms with E-state index in [4.69, 9.17) is 0 Å². The third-order valence-corrected chi connectivity index (χ3v) is 5.03. The quantitative estimate of drug-likeness (QED) is 0.758. The third-order valence-electron chi connectivity index (χ3n) is 3.04. The first kappa shape index (κ1) is 15.6. The minimum atomic E-state index is -0.540. The molecule has 1 aromatic heterocycles. The highest BCUT2D eigenvalue weighted by molar-refractivity contribution is 9.10. The first-order valence-electron chi connectivity index (χ1n) is 6.52. The lowest BCUT2D eigenvalue weighted by Crippen LogP contribution is -2.24. The molecule has 1 nitrogen and oxygen atoms in total. The van der Waals surface area contributed by atoms with Gasteiger partial charge in [0.15, 0.2) is 0 Å². The van der Waals surface area contributed by atoms with Gasteiger partial charge in [-0.15, -0.1) is 11.3 Å². The molecule has 2 rings (SSSR count). The zero-order valence-corrected chi connectivity index (χ0v) is 13.5. The van der Waals surface area contributed by atoms with Crippen LogP contribution in [0.25, 0.3) is 0 Å². The Morgan fingerprint density at radius 2 is 2.10 bits per heavy atom. The summed E-state index contributed by atoms with van der Waals surface area (Å²) in [6, 6.07) is 5.78. The van der Waals surface area contributed by atoms with Gasteiger partial charge in [0.2, 0.25) is 0 Å². The van der Waals surface area contributed by atoms with Crippen molar-refractivity contribution in [2.75, 3.05) is 6.54 Å². The highest BCUT2D eigenvalue weighted by Crippen LogP contribution is 2.31. The molecule has 1 heterocycles. The van der Waals surface area contributed by atoms with E-state index in [9.17, 15) is 8.78 Å². The normalized spacial score (nSPS) is 12.6. The van der Waals surface area contributed by atoms with Crippen LogP contribution in [0.5, 0.6) is 0 Å². The minimum Gasteiger partial charge on any atom is -0.309 e. The Labute approximate surface area is 130 Å². The van der Waals surface area contributed by atoms with E-state index in [0.717, 1.165) is 28.4 Å². The monoisotopic (exact) mass is 359 g/mol. The van der Waals surface area contributed by atoms with Crippen LogP contribution < -0.4 is 5.32 Å². The van der Waals surface area contributed by atoms with E-state index < -0.39 is 11.6 Å². The fraction of sp³-hybridized carbons (Fsp3) is 0.333. The Morgan fingerprint density at radius 1 is 1.30 bits per heavy atom. The highest BCUT2D eigenvalue weighted by Gasteiger charge is 2.18. The second kappa shape index (κ2) is 7.29. The summed E-state index contributed by atoms with van der Waals surface area (Å²) >= 11 is 5.15. The van der Waals surface area contributed by atoms with Crippen LogP contribution in [0.2, 0.25) is 0 Å². The average Bonchev–Trinajstić information content (AvgIpc) is 2.83. The van der Waals surface area contributed by atoms with Gasteiger partial charge >= 0.3 is 0 Å². The summed E-state index contributed by atoms with van der Waals surface area (Å²) in [5.41, 5.74) is 0.528. The Morgan fingerprint density at radius 3 is 2.70 bits per heavy atom. The Kier molecular flexibility index (Phi) is 5.69. The molecule has 0 aliphatic carbocycles. The third kappa shape index (κ3) is 3.87. The Bertz CT molecular complexity index is 571. The lowest BCUT2D eigenvalue weighted by molar-refractivity contribution is 0.513. The largest absolute Gasteiger partial charge is 0.309 e. The number of hydrogen-bond acceptors (Lipinski definition) is 2. The van der Waals surface area contributed by atoms with Crippen LogP contribution in [0.4, 0.5) is 8.78 Å². The van der Waals surface area contributed by atoms with Gasteiger partial charge < -0.3 is 5.32 Å². The van der Waals surface area contributed by atoms with Crippen LogP contribution in [0.1, 0.15) is 29.8 Å². The molecule has 0 saturated carbocycles. The minimum absolute atomic E-state index is 0.0317. The zero-order chi connectivity index (χ0) is 14.5. The molecule has 108 valence electrons. The number of hydrogen-bond donors (Lipinski definition) is 1. The standard InChI is InChI=1S/C15H16BrF2NS/c1-2-6-19-14(15-12(16)5-7-20-15)8-10-3-4-11(17)9-13(10)18/h3-5,7,9,14,19H,2,6,8H2,1H3. The van der Waals surface area contributed by atoms with Gasteiger partial charge in [0.05, 0.1) is 0 Å². The van der Waals surface area contributed by atoms with Crippen molar-refractivity contribution >= 4 is 27.3 Å². The van der Waals surface area contributed by atoms with E-state index in [0.29, 0.717) is 12.0 Å². The molecule has 0 aliphatic heterocycles. The summed E-state index contributed by atoms with van der Waals surface area (Å²) in [5, 5.41) is 5.42. The lowest BCUT2D eigenvalue weighted by Gasteiger charge is -2.18. The van der Waals surface area contributed by atoms with Crippen LogP contribution in [0.15, 0.2) is 34.1 Å². The zero-order valence-electron chi connectivity index (χ0n) is 11.1. The molecule has 20 heavy (non-hydrogen) atoms. The molecule has 0 bridgehead atoms. The van der Waals surface area contributed by atoms with Gasteiger partial charge in [0.1, 0.15) is 11.6 Å². The van der Waals surface area contributed by atoms with Crippen LogP contribution in [0.3, 0.4) is 0 Å². The summed E-state index contributed by atoms with van der Waals surface area (Å²) in [5.74, 6) is -1.03. The molecule has 1 N–H and O–H groups in total. The van der Waals surface area contributed by atoms with Crippen LogP contribution in [0, 0.1) is 11.6 Å². The molecule has 0 saturated heterocycles. The highest BCUT2D eigenvalue weighted by atomic mass is 79.9. The number of halogens is 3. The molecule has 0 aliphatic rings. The number of benzene rings is 1. The van der Waals surface area contributed by atoms with Gasteiger partial charge in [-0.25, -0.2) is 8.78 Å². The maximum atomic E-state index is 13.8. The molecule has 1 atom stereocenters. The smallest absolute Gasteiger partial charge is 0.129 e. The van der Waals surface area contributed by atoms with Crippen molar-refractivity contribution in [2.45, 2.75) is 25.8 Å². The molecule has 0 fully saturated rings. The summed E-state index contributed by atoms with van der Waals surface area (Å²) in [7, 11) is 0. The molecule has 0 spiro atoms. The molecule has 5 heteroatoms. The van der Waals surface area contributed by atoms with Crippen molar-refractivity contribution in [2.24, 2.45) is 0 Å². The number of rotatable bonds is 6. The van der Waals surface area contributed by atoms with E-state index in [-0.39, 0.29) is 6.04 Å². The topological polar surface area (TPSA) is 12.0 Å². The maximum absolute atomic E-state index is 13.8. The molecule has 0 amide bonds. The fourth-order valence-corrected chi connectivity index (χ4v) is 3.76. The van der Waals surface area contributed by atoms with Crippen molar-refractivity contribution in [1.82, 2.24) is 5.32 Å². The van der Waals surface area contributed by atoms with Crippen molar-refractivity contribution in [3.63, 3.8) is 0 Å². The van der Waals surface area contributed by atoms with Crippen LogP contribution in [-0.4, -0.2) is 6.54 Å². The summed E-state index contributed by atoms with van der Waals surface area (Å²) < 4.78 is 27.8. The predicted octanol–water partition coefficient (Wildman–Crippen LogP) is 5.07. The van der Waals surface area contributed by atoms with Gasteiger partial charge in [-0.1, -0.05) is 13.0 Å². The predicted molar refractivity (Wildman–Crippen MR) is 83.1 cm³/mol. The molecule has 0 radical (unpaired) electrons. The van der Waals surface area contributed by atoms with Gasteiger partial charge in [0, 0.05) is 21.5 Å². The number of thiophene rings is 1. The van der Waals surface area contributed by atoms with E-state index in [1.54, 1.807) is 11.3 Å². The van der Waals surface area contributed by atoms with Gasteiger partial charge in [-0.3, -0.25) is 0 Å². The Hall–Kier alpha value is -0.780. The Balaban J connectivity index is 2.21.